The third kappa shape index (κ3) is 6.34. The molecule has 1 fully saturated rings. The molecule has 0 saturated heterocycles. The van der Waals surface area contributed by atoms with Crippen LogP contribution in [0, 0.1) is 5.92 Å². The molecule has 1 atom stereocenters. The molecule has 2 N–H and O–H groups in total. The van der Waals surface area contributed by atoms with Gasteiger partial charge in [-0.1, -0.05) is 19.3 Å². The van der Waals surface area contributed by atoms with Crippen LogP contribution in [-0.4, -0.2) is 48.9 Å². The zero-order valence-corrected chi connectivity index (χ0v) is 14.9. The monoisotopic (exact) mass is 311 g/mol. The molecular formula is C17H33N3O2. The molecule has 1 aliphatic rings. The van der Waals surface area contributed by atoms with E-state index in [2.05, 4.69) is 29.4 Å². The van der Waals surface area contributed by atoms with Gasteiger partial charge in [0, 0.05) is 18.5 Å². The van der Waals surface area contributed by atoms with E-state index in [4.69, 9.17) is 0 Å². The highest BCUT2D eigenvalue weighted by Crippen LogP contribution is 2.26. The Hall–Kier alpha value is -1.10. The van der Waals surface area contributed by atoms with Gasteiger partial charge >= 0.3 is 0 Å². The Morgan fingerprint density at radius 2 is 1.77 bits per heavy atom. The second kappa shape index (κ2) is 8.51. The van der Waals surface area contributed by atoms with E-state index in [-0.39, 0.29) is 17.4 Å². The number of rotatable bonds is 7. The second-order valence-electron chi connectivity index (χ2n) is 7.42. The summed E-state index contributed by atoms with van der Waals surface area (Å²) < 4.78 is 0. The van der Waals surface area contributed by atoms with Crippen molar-refractivity contribution in [3.63, 3.8) is 0 Å². The van der Waals surface area contributed by atoms with Crippen LogP contribution in [0.1, 0.15) is 59.3 Å². The highest BCUT2D eigenvalue weighted by Gasteiger charge is 2.24. The van der Waals surface area contributed by atoms with E-state index in [0.717, 1.165) is 12.8 Å². The summed E-state index contributed by atoms with van der Waals surface area (Å²) in [7, 11) is 3.98. The minimum Gasteiger partial charge on any atom is -0.352 e. The molecule has 0 spiro atoms. The summed E-state index contributed by atoms with van der Waals surface area (Å²) in [6.45, 7) is 6.44. The molecule has 0 radical (unpaired) electrons. The lowest BCUT2D eigenvalue weighted by Gasteiger charge is -2.33. The van der Waals surface area contributed by atoms with Crippen LogP contribution in [0.2, 0.25) is 0 Å². The molecule has 0 aromatic heterocycles. The van der Waals surface area contributed by atoms with Crippen LogP contribution in [0.15, 0.2) is 0 Å². The Morgan fingerprint density at radius 1 is 1.18 bits per heavy atom. The van der Waals surface area contributed by atoms with Crippen molar-refractivity contribution in [2.45, 2.75) is 70.9 Å². The zero-order chi connectivity index (χ0) is 16.8. The maximum absolute atomic E-state index is 12.1. The molecule has 0 aromatic rings. The van der Waals surface area contributed by atoms with Crippen molar-refractivity contribution in [3.05, 3.63) is 0 Å². The van der Waals surface area contributed by atoms with Gasteiger partial charge in [0.1, 0.15) is 6.04 Å². The van der Waals surface area contributed by atoms with Gasteiger partial charge in [-0.05, 0) is 53.6 Å². The van der Waals surface area contributed by atoms with E-state index in [1.54, 1.807) is 6.92 Å². The molecule has 5 nitrogen and oxygen atoms in total. The van der Waals surface area contributed by atoms with Gasteiger partial charge in [0.05, 0.1) is 0 Å². The predicted molar refractivity (Wildman–Crippen MR) is 89.6 cm³/mol. The SMILES string of the molecule is C[C@H](NC(=O)CC1CCCCC1)C(=O)NCC(C)(C)N(C)C. The number of nitrogens with one attached hydrogen (secondary N) is 2. The van der Waals surface area contributed by atoms with Gasteiger partial charge in [-0.25, -0.2) is 0 Å². The number of carbonyl (C=O) groups excluding carboxylic acids is 2. The Bertz CT molecular complexity index is 374. The van der Waals surface area contributed by atoms with Gasteiger partial charge in [0.2, 0.25) is 11.8 Å². The van der Waals surface area contributed by atoms with Crippen molar-refractivity contribution in [1.82, 2.24) is 15.5 Å². The van der Waals surface area contributed by atoms with E-state index in [0.29, 0.717) is 18.9 Å². The quantitative estimate of drug-likeness (QED) is 0.755. The zero-order valence-electron chi connectivity index (χ0n) is 14.9. The minimum atomic E-state index is -0.478. The summed E-state index contributed by atoms with van der Waals surface area (Å²) in [5, 5.41) is 5.75. The Kier molecular flexibility index (Phi) is 7.33. The minimum absolute atomic E-state index is 0.00131. The average Bonchev–Trinajstić information content (AvgIpc) is 2.45. The van der Waals surface area contributed by atoms with E-state index in [1.807, 2.05) is 14.1 Å². The molecule has 0 aromatic carbocycles. The fraction of sp³-hybridized carbons (Fsp3) is 0.882. The van der Waals surface area contributed by atoms with Gasteiger partial charge in [0.25, 0.3) is 0 Å². The van der Waals surface area contributed by atoms with Crippen molar-refractivity contribution in [2.75, 3.05) is 20.6 Å². The Labute approximate surface area is 135 Å². The fourth-order valence-corrected chi connectivity index (χ4v) is 2.63. The highest BCUT2D eigenvalue weighted by atomic mass is 16.2. The number of likely N-dealkylation sites (N-methyl/N-ethyl adjacent to an activating group) is 1. The van der Waals surface area contributed by atoms with Crippen LogP contribution < -0.4 is 10.6 Å². The first-order valence-corrected chi connectivity index (χ1v) is 8.47. The van der Waals surface area contributed by atoms with Crippen LogP contribution in [0.3, 0.4) is 0 Å². The van der Waals surface area contributed by atoms with Crippen molar-refractivity contribution < 1.29 is 9.59 Å². The molecule has 1 aliphatic carbocycles. The molecule has 2 amide bonds. The lowest BCUT2D eigenvalue weighted by molar-refractivity contribution is -0.129. The number of amides is 2. The predicted octanol–water partition coefficient (Wildman–Crippen LogP) is 1.92. The first-order valence-electron chi connectivity index (χ1n) is 8.47. The van der Waals surface area contributed by atoms with Crippen molar-refractivity contribution >= 4 is 11.8 Å². The first kappa shape index (κ1) is 18.9. The molecule has 0 heterocycles. The van der Waals surface area contributed by atoms with Gasteiger partial charge in [-0.15, -0.1) is 0 Å². The Balaban J connectivity index is 2.32. The number of hydrogen-bond acceptors (Lipinski definition) is 3. The van der Waals surface area contributed by atoms with Crippen LogP contribution in [0.5, 0.6) is 0 Å². The number of nitrogens with zero attached hydrogens (tertiary/aromatic N) is 1. The average molecular weight is 311 g/mol. The molecule has 128 valence electrons. The van der Waals surface area contributed by atoms with Crippen molar-refractivity contribution in [2.24, 2.45) is 5.92 Å². The second-order valence-corrected chi connectivity index (χ2v) is 7.42. The van der Waals surface area contributed by atoms with Crippen molar-refractivity contribution in [1.29, 1.82) is 0 Å². The molecular weight excluding hydrogens is 278 g/mol. The van der Waals surface area contributed by atoms with E-state index >= 15 is 0 Å². The van der Waals surface area contributed by atoms with Crippen LogP contribution in [-0.2, 0) is 9.59 Å². The maximum Gasteiger partial charge on any atom is 0.242 e. The molecule has 0 unspecified atom stereocenters. The van der Waals surface area contributed by atoms with Crippen molar-refractivity contribution in [3.8, 4) is 0 Å². The van der Waals surface area contributed by atoms with Gasteiger partial charge < -0.3 is 15.5 Å². The van der Waals surface area contributed by atoms with E-state index in [1.165, 1.54) is 19.3 Å². The molecule has 1 saturated carbocycles. The summed E-state index contributed by atoms with van der Waals surface area (Å²) in [6.07, 6.45) is 6.59. The smallest absolute Gasteiger partial charge is 0.242 e. The molecule has 1 rings (SSSR count). The summed E-state index contributed by atoms with van der Waals surface area (Å²) in [4.78, 5) is 26.2. The van der Waals surface area contributed by atoms with Gasteiger partial charge in [0.15, 0.2) is 0 Å². The summed E-state index contributed by atoms with van der Waals surface area (Å²) in [5.74, 6) is 0.380. The fourth-order valence-electron chi connectivity index (χ4n) is 2.63. The van der Waals surface area contributed by atoms with Gasteiger partial charge in [-0.2, -0.15) is 0 Å². The normalized spacial score (nSPS) is 18.1. The van der Waals surface area contributed by atoms with E-state index in [9.17, 15) is 9.59 Å². The summed E-state index contributed by atoms with van der Waals surface area (Å²) in [6, 6.07) is -0.478. The Morgan fingerprint density at radius 3 is 2.32 bits per heavy atom. The third-order valence-corrected chi connectivity index (χ3v) is 4.88. The lowest BCUT2D eigenvalue weighted by atomic mass is 9.87. The van der Waals surface area contributed by atoms with Gasteiger partial charge in [-0.3, -0.25) is 9.59 Å². The number of hydrogen-bond donors (Lipinski definition) is 2. The summed E-state index contributed by atoms with van der Waals surface area (Å²) >= 11 is 0. The van der Waals surface area contributed by atoms with E-state index < -0.39 is 6.04 Å². The highest BCUT2D eigenvalue weighted by molar-refractivity contribution is 5.87. The van der Waals surface area contributed by atoms with Crippen LogP contribution in [0.25, 0.3) is 0 Å². The molecule has 0 aliphatic heterocycles. The first-order chi connectivity index (χ1) is 10.2. The number of carbonyl (C=O) groups is 2. The molecule has 22 heavy (non-hydrogen) atoms. The van der Waals surface area contributed by atoms with Crippen LogP contribution >= 0.6 is 0 Å². The largest absolute Gasteiger partial charge is 0.352 e. The molecule has 5 heteroatoms. The third-order valence-electron chi connectivity index (χ3n) is 4.88. The summed E-state index contributed by atoms with van der Waals surface area (Å²) in [5.41, 5.74) is -0.110. The lowest BCUT2D eigenvalue weighted by Crippen LogP contribution is -2.52. The molecule has 0 bridgehead atoms. The standard InChI is InChI=1S/C17H33N3O2/c1-13(16(22)18-12-17(2,3)20(4)5)19-15(21)11-14-9-7-6-8-10-14/h13-14H,6-12H2,1-5H3,(H,18,22)(H,19,21)/t13-/m0/s1. The maximum atomic E-state index is 12.1. The topological polar surface area (TPSA) is 61.4 Å². The van der Waals surface area contributed by atoms with Crippen LogP contribution in [0.4, 0.5) is 0 Å².